The number of benzene rings is 1. The van der Waals surface area contributed by atoms with E-state index in [9.17, 15) is 5.11 Å². The van der Waals surface area contributed by atoms with Crippen molar-refractivity contribution in [3.63, 3.8) is 0 Å². The van der Waals surface area contributed by atoms with E-state index in [2.05, 4.69) is 40.7 Å². The smallest absolute Gasteiger partial charge is 0.316 e. The van der Waals surface area contributed by atoms with Crippen LogP contribution in [0.25, 0.3) is 0 Å². The van der Waals surface area contributed by atoms with Crippen LogP contribution in [0.4, 0.5) is 5.69 Å². The normalized spacial score (nSPS) is 24.7. The van der Waals surface area contributed by atoms with Crippen LogP contribution >= 0.6 is 23.1 Å². The van der Waals surface area contributed by atoms with Gasteiger partial charge in [-0.05, 0) is 54.2 Å². The molecule has 4 rings (SSSR count). The van der Waals surface area contributed by atoms with Gasteiger partial charge in [0, 0.05) is 5.75 Å². The summed E-state index contributed by atoms with van der Waals surface area (Å²) in [7, 11) is 0. The first-order chi connectivity index (χ1) is 10.7. The molecule has 1 aromatic carbocycles. The molecular weight excluding hydrogens is 312 g/mol. The van der Waals surface area contributed by atoms with Crippen LogP contribution < -0.4 is 4.90 Å². The lowest BCUT2D eigenvalue weighted by Gasteiger charge is -2.22. The predicted molar refractivity (Wildman–Crippen MR) is 94.0 cm³/mol. The zero-order valence-corrected chi connectivity index (χ0v) is 14.2. The summed E-state index contributed by atoms with van der Waals surface area (Å²) in [6, 6.07) is 12.6. The fraction of sp³-hybridized carbons (Fsp3) is 0.353. The minimum atomic E-state index is -0.902. The van der Waals surface area contributed by atoms with Crippen molar-refractivity contribution in [1.82, 2.24) is 0 Å². The predicted octanol–water partition coefficient (Wildman–Crippen LogP) is 3.23. The average molecular weight is 331 g/mol. The van der Waals surface area contributed by atoms with E-state index >= 15 is 0 Å². The molecule has 1 N–H and O–H groups in total. The Morgan fingerprint density at radius 3 is 2.95 bits per heavy atom. The second-order valence-electron chi connectivity index (χ2n) is 5.86. The maximum absolute atomic E-state index is 11.4. The van der Waals surface area contributed by atoms with Crippen molar-refractivity contribution in [3.05, 3.63) is 52.2 Å². The molecule has 0 unspecified atom stereocenters. The van der Waals surface area contributed by atoms with Crippen LogP contribution in [0.2, 0.25) is 0 Å². The first kappa shape index (κ1) is 14.3. The van der Waals surface area contributed by atoms with E-state index in [0.717, 1.165) is 23.6 Å². The van der Waals surface area contributed by atoms with Crippen molar-refractivity contribution >= 4 is 34.0 Å². The number of amidine groups is 1. The van der Waals surface area contributed by atoms with Gasteiger partial charge in [0.05, 0.1) is 11.4 Å². The summed E-state index contributed by atoms with van der Waals surface area (Å²) in [5.74, 6) is 1.12. The van der Waals surface area contributed by atoms with Crippen molar-refractivity contribution in [1.29, 1.82) is 0 Å². The third kappa shape index (κ3) is 2.19. The lowest BCUT2D eigenvalue weighted by Crippen LogP contribution is -2.40. The number of hydrogen-bond donors (Lipinski definition) is 1. The molecule has 2 aromatic rings. The molecule has 3 heterocycles. The molecule has 5 heteroatoms. The Morgan fingerprint density at radius 1 is 1.27 bits per heavy atom. The Hall–Kier alpha value is -1.30. The second-order valence-corrected chi connectivity index (χ2v) is 7.87. The quantitative estimate of drug-likeness (QED) is 0.856. The minimum Gasteiger partial charge on any atom is -0.346 e. The zero-order valence-electron chi connectivity index (χ0n) is 12.5. The molecule has 3 nitrogen and oxygen atoms in total. The summed E-state index contributed by atoms with van der Waals surface area (Å²) in [4.78, 5) is 3.30. The Kier molecular flexibility index (Phi) is 3.51. The fourth-order valence-electron chi connectivity index (χ4n) is 3.21. The number of aliphatic hydroxyl groups is 1. The van der Waals surface area contributed by atoms with E-state index in [1.54, 1.807) is 11.3 Å². The van der Waals surface area contributed by atoms with Gasteiger partial charge in [-0.15, -0.1) is 11.3 Å². The van der Waals surface area contributed by atoms with Gasteiger partial charge in [0.1, 0.15) is 5.69 Å². The number of rotatable bonds is 2. The van der Waals surface area contributed by atoms with Crippen LogP contribution in [0, 0.1) is 6.92 Å². The van der Waals surface area contributed by atoms with Crippen molar-refractivity contribution in [2.24, 2.45) is 0 Å². The first-order valence-corrected chi connectivity index (χ1v) is 9.43. The lowest BCUT2D eigenvalue weighted by atomic mass is 10.1. The number of hydrogen-bond acceptors (Lipinski definition) is 4. The van der Waals surface area contributed by atoms with Gasteiger partial charge in [-0.3, -0.25) is 0 Å². The third-order valence-corrected chi connectivity index (χ3v) is 6.48. The number of thiophene rings is 1. The van der Waals surface area contributed by atoms with Gasteiger partial charge >= 0.3 is 5.17 Å². The number of nitrogens with zero attached hydrogens (tertiary/aromatic N) is 2. The van der Waals surface area contributed by atoms with Gasteiger partial charge in [-0.25, -0.2) is 9.48 Å². The largest absolute Gasteiger partial charge is 0.346 e. The number of anilines is 1. The molecule has 0 saturated carbocycles. The van der Waals surface area contributed by atoms with Gasteiger partial charge < -0.3 is 5.11 Å². The molecule has 0 spiro atoms. The summed E-state index contributed by atoms with van der Waals surface area (Å²) in [6.07, 6.45) is 1.11. The Labute approximate surface area is 138 Å². The Balaban J connectivity index is 1.81. The lowest BCUT2D eigenvalue weighted by molar-refractivity contribution is -0.655. The van der Waals surface area contributed by atoms with Crippen molar-refractivity contribution < 1.29 is 9.68 Å². The van der Waals surface area contributed by atoms with Gasteiger partial charge in [-0.1, -0.05) is 18.2 Å². The van der Waals surface area contributed by atoms with Gasteiger partial charge in [0.15, 0.2) is 6.54 Å². The van der Waals surface area contributed by atoms with E-state index in [0.29, 0.717) is 6.54 Å². The summed E-state index contributed by atoms with van der Waals surface area (Å²) >= 11 is 3.49. The maximum atomic E-state index is 11.4. The van der Waals surface area contributed by atoms with Crippen LogP contribution in [0.5, 0.6) is 0 Å². The molecule has 0 fully saturated rings. The average Bonchev–Trinajstić information content (AvgIpc) is 3.16. The van der Waals surface area contributed by atoms with E-state index in [1.807, 2.05) is 29.3 Å². The molecule has 0 radical (unpaired) electrons. The van der Waals surface area contributed by atoms with Crippen LogP contribution in [-0.4, -0.2) is 33.7 Å². The third-order valence-electron chi connectivity index (χ3n) is 4.27. The summed E-state index contributed by atoms with van der Waals surface area (Å²) in [5.41, 5.74) is 1.51. The zero-order chi connectivity index (χ0) is 15.2. The van der Waals surface area contributed by atoms with E-state index in [1.165, 1.54) is 16.4 Å². The van der Waals surface area contributed by atoms with Crippen LogP contribution in [-0.2, 0) is 5.72 Å². The van der Waals surface area contributed by atoms with Crippen LogP contribution in [0.3, 0.4) is 0 Å². The second kappa shape index (κ2) is 5.41. The number of aryl methyl sites for hydroxylation is 1. The number of thioether (sulfide) groups is 1. The SMILES string of the molecule is Cc1cccc(N2C[C@@](O)(c3cccs3)[N+]3=C2SCCC3)c1. The molecule has 0 amide bonds. The van der Waals surface area contributed by atoms with Crippen molar-refractivity contribution in [2.75, 3.05) is 23.7 Å². The minimum absolute atomic E-state index is 0.597. The van der Waals surface area contributed by atoms with E-state index in [4.69, 9.17) is 0 Å². The summed E-state index contributed by atoms with van der Waals surface area (Å²) in [6.45, 7) is 3.62. The molecule has 2 aliphatic heterocycles. The maximum Gasteiger partial charge on any atom is 0.316 e. The van der Waals surface area contributed by atoms with Gasteiger partial charge in [0.25, 0.3) is 5.72 Å². The summed E-state index contributed by atoms with van der Waals surface area (Å²) in [5, 5.41) is 14.6. The molecule has 2 aliphatic rings. The fourth-order valence-corrected chi connectivity index (χ4v) is 5.22. The first-order valence-electron chi connectivity index (χ1n) is 7.56. The summed E-state index contributed by atoms with van der Waals surface area (Å²) < 4.78 is 2.19. The highest BCUT2D eigenvalue weighted by Crippen LogP contribution is 2.39. The van der Waals surface area contributed by atoms with Gasteiger partial charge in [-0.2, -0.15) is 0 Å². The monoisotopic (exact) mass is 331 g/mol. The van der Waals surface area contributed by atoms with Crippen LogP contribution in [0.1, 0.15) is 16.9 Å². The standard InChI is InChI=1S/C17H19N2OS2/c1-13-5-2-6-14(11-13)18-12-17(20,15-7-3-9-21-15)19-8-4-10-22-16(18)19/h2-3,5-7,9,11,20H,4,8,10,12H2,1H3/q+1/t17-/m1/s1. The molecule has 114 valence electrons. The molecule has 1 atom stereocenters. The Morgan fingerprint density at radius 2 is 2.18 bits per heavy atom. The highest BCUT2D eigenvalue weighted by Gasteiger charge is 2.53. The van der Waals surface area contributed by atoms with E-state index < -0.39 is 5.72 Å². The van der Waals surface area contributed by atoms with Crippen LogP contribution in [0.15, 0.2) is 41.8 Å². The molecule has 0 bridgehead atoms. The van der Waals surface area contributed by atoms with Gasteiger partial charge in [0.2, 0.25) is 0 Å². The molecule has 0 aliphatic carbocycles. The highest BCUT2D eigenvalue weighted by molar-refractivity contribution is 8.13. The highest BCUT2D eigenvalue weighted by atomic mass is 32.2. The molecule has 22 heavy (non-hydrogen) atoms. The Bertz CT molecular complexity index is 726. The molecular formula is C17H19N2OS2+. The molecule has 1 aromatic heterocycles. The van der Waals surface area contributed by atoms with Crippen molar-refractivity contribution in [2.45, 2.75) is 19.1 Å². The van der Waals surface area contributed by atoms with E-state index in [-0.39, 0.29) is 0 Å². The topological polar surface area (TPSA) is 26.5 Å². The molecule has 0 saturated heterocycles. The number of β-amino-alcohol motifs (C(OH)–C–C–N with tert-alkyl or cyclic N) is 1. The van der Waals surface area contributed by atoms with Crippen molar-refractivity contribution in [3.8, 4) is 0 Å².